The van der Waals surface area contributed by atoms with Gasteiger partial charge in [-0.1, -0.05) is 53.5 Å². The number of aromatic nitrogens is 1. The van der Waals surface area contributed by atoms with E-state index in [4.69, 9.17) is 23.2 Å². The van der Waals surface area contributed by atoms with Gasteiger partial charge in [-0.15, -0.1) is 0 Å². The molecule has 0 unspecified atom stereocenters. The largest absolute Gasteiger partial charge is 0.298 e. The molecule has 4 heteroatoms. The van der Waals surface area contributed by atoms with Crippen LogP contribution in [0.5, 0.6) is 0 Å². The highest BCUT2D eigenvalue weighted by atomic mass is 35.5. The Labute approximate surface area is 117 Å². The summed E-state index contributed by atoms with van der Waals surface area (Å²) in [7, 11) is 2.05. The number of rotatable bonds is 4. The molecule has 1 aromatic carbocycles. The number of nitrogens with zero attached hydrogens (tertiary/aromatic N) is 2. The molecule has 0 aliphatic rings. The van der Waals surface area contributed by atoms with Gasteiger partial charge in [-0.25, -0.2) is 4.98 Å². The van der Waals surface area contributed by atoms with E-state index in [0.717, 1.165) is 18.7 Å². The summed E-state index contributed by atoms with van der Waals surface area (Å²) in [4.78, 5) is 6.24. The van der Waals surface area contributed by atoms with Gasteiger partial charge in [0.25, 0.3) is 0 Å². The number of hydrogen-bond acceptors (Lipinski definition) is 2. The zero-order chi connectivity index (χ0) is 13.0. The lowest BCUT2D eigenvalue weighted by Gasteiger charge is -2.17. The van der Waals surface area contributed by atoms with Crippen LogP contribution in [-0.2, 0) is 13.1 Å². The molecule has 1 aromatic heterocycles. The van der Waals surface area contributed by atoms with Gasteiger partial charge in [0.05, 0.1) is 0 Å². The highest BCUT2D eigenvalue weighted by molar-refractivity contribution is 6.34. The quantitative estimate of drug-likeness (QED) is 0.787. The van der Waals surface area contributed by atoms with Crippen molar-refractivity contribution in [2.24, 2.45) is 0 Å². The summed E-state index contributed by atoms with van der Waals surface area (Å²) in [5.41, 5.74) is 2.26. The molecule has 2 nitrogen and oxygen atoms in total. The van der Waals surface area contributed by atoms with Crippen molar-refractivity contribution in [2.75, 3.05) is 7.05 Å². The van der Waals surface area contributed by atoms with Crippen molar-refractivity contribution in [1.29, 1.82) is 0 Å². The van der Waals surface area contributed by atoms with Crippen molar-refractivity contribution in [3.8, 4) is 0 Å². The van der Waals surface area contributed by atoms with Crippen molar-refractivity contribution in [3.05, 3.63) is 63.9 Å². The van der Waals surface area contributed by atoms with Crippen LogP contribution in [0.25, 0.3) is 0 Å². The lowest BCUT2D eigenvalue weighted by Crippen LogP contribution is -2.17. The van der Waals surface area contributed by atoms with Crippen LogP contribution in [0.4, 0.5) is 0 Å². The van der Waals surface area contributed by atoms with Crippen LogP contribution >= 0.6 is 23.2 Å². The zero-order valence-electron chi connectivity index (χ0n) is 10.1. The second kappa shape index (κ2) is 6.19. The third kappa shape index (κ3) is 3.70. The van der Waals surface area contributed by atoms with Crippen LogP contribution in [0.2, 0.25) is 10.2 Å². The number of hydrogen-bond donors (Lipinski definition) is 0. The highest BCUT2D eigenvalue weighted by Gasteiger charge is 2.06. The summed E-state index contributed by atoms with van der Waals surface area (Å²) in [6, 6.07) is 12.0. The first-order valence-electron chi connectivity index (χ1n) is 5.67. The van der Waals surface area contributed by atoms with Gasteiger partial charge in [0.2, 0.25) is 0 Å². The Kier molecular flexibility index (Phi) is 4.59. The fourth-order valence-corrected chi connectivity index (χ4v) is 2.22. The van der Waals surface area contributed by atoms with E-state index in [-0.39, 0.29) is 0 Å². The van der Waals surface area contributed by atoms with E-state index >= 15 is 0 Å². The van der Waals surface area contributed by atoms with Gasteiger partial charge in [-0.3, -0.25) is 4.90 Å². The molecule has 94 valence electrons. The van der Waals surface area contributed by atoms with Crippen LogP contribution in [0, 0.1) is 0 Å². The minimum atomic E-state index is 0.425. The molecule has 2 aromatic rings. The average Bonchev–Trinajstić information content (AvgIpc) is 2.34. The Bertz CT molecular complexity index is 514. The van der Waals surface area contributed by atoms with E-state index in [2.05, 4.69) is 29.1 Å². The summed E-state index contributed by atoms with van der Waals surface area (Å²) >= 11 is 11.9. The van der Waals surface area contributed by atoms with Crippen LogP contribution in [0.1, 0.15) is 11.1 Å². The van der Waals surface area contributed by atoms with Gasteiger partial charge < -0.3 is 0 Å². The summed E-state index contributed by atoms with van der Waals surface area (Å²) in [6.45, 7) is 1.62. The molecular weight excluding hydrogens is 267 g/mol. The first-order valence-corrected chi connectivity index (χ1v) is 6.43. The molecule has 0 atom stereocenters. The van der Waals surface area contributed by atoms with E-state index in [9.17, 15) is 0 Å². The van der Waals surface area contributed by atoms with Crippen molar-refractivity contribution in [3.63, 3.8) is 0 Å². The molecule has 2 rings (SSSR count). The molecular formula is C14H14Cl2N2. The molecule has 0 spiro atoms. The molecule has 0 fully saturated rings. The van der Waals surface area contributed by atoms with Gasteiger partial charge >= 0.3 is 0 Å². The monoisotopic (exact) mass is 280 g/mol. The fraction of sp³-hybridized carbons (Fsp3) is 0.214. The van der Waals surface area contributed by atoms with Gasteiger partial charge in [0.1, 0.15) is 5.15 Å². The van der Waals surface area contributed by atoms with Crippen molar-refractivity contribution in [1.82, 2.24) is 9.88 Å². The maximum Gasteiger partial charge on any atom is 0.130 e. The summed E-state index contributed by atoms with van der Waals surface area (Å²) in [5.74, 6) is 0. The average molecular weight is 281 g/mol. The SMILES string of the molecule is CN(Cc1ccccc1)Cc1cnc(Cl)cc1Cl. The Balaban J connectivity index is 2.01. The Morgan fingerprint density at radius 3 is 2.50 bits per heavy atom. The molecule has 0 saturated carbocycles. The highest BCUT2D eigenvalue weighted by Crippen LogP contribution is 2.20. The summed E-state index contributed by atoms with van der Waals surface area (Å²) < 4.78 is 0. The molecule has 1 heterocycles. The fourth-order valence-electron chi connectivity index (χ4n) is 1.79. The van der Waals surface area contributed by atoms with Gasteiger partial charge in [-0.2, -0.15) is 0 Å². The maximum absolute atomic E-state index is 6.13. The second-order valence-electron chi connectivity index (χ2n) is 4.26. The Morgan fingerprint density at radius 1 is 1.11 bits per heavy atom. The predicted molar refractivity (Wildman–Crippen MR) is 75.9 cm³/mol. The first-order chi connectivity index (χ1) is 8.65. The summed E-state index contributed by atoms with van der Waals surface area (Å²) in [6.07, 6.45) is 1.73. The summed E-state index contributed by atoms with van der Waals surface area (Å²) in [5, 5.41) is 1.09. The molecule has 18 heavy (non-hydrogen) atoms. The minimum Gasteiger partial charge on any atom is -0.298 e. The third-order valence-corrected chi connectivity index (χ3v) is 3.19. The molecule has 0 saturated heterocycles. The predicted octanol–water partition coefficient (Wildman–Crippen LogP) is 4.02. The van der Waals surface area contributed by atoms with Crippen LogP contribution < -0.4 is 0 Å². The number of benzene rings is 1. The van der Waals surface area contributed by atoms with Gasteiger partial charge in [0, 0.05) is 29.9 Å². The molecule has 0 N–H and O–H groups in total. The lowest BCUT2D eigenvalue weighted by atomic mass is 10.2. The number of halogens is 2. The molecule has 0 radical (unpaired) electrons. The van der Waals surface area contributed by atoms with Crippen LogP contribution in [-0.4, -0.2) is 16.9 Å². The molecule has 0 aliphatic heterocycles. The Hall–Kier alpha value is -1.09. The minimum absolute atomic E-state index is 0.425. The molecule has 0 amide bonds. The smallest absolute Gasteiger partial charge is 0.130 e. The van der Waals surface area contributed by atoms with Gasteiger partial charge in [0.15, 0.2) is 0 Å². The third-order valence-electron chi connectivity index (χ3n) is 2.63. The standard InChI is InChI=1S/C14H14Cl2N2/c1-18(9-11-5-3-2-4-6-11)10-12-8-17-14(16)7-13(12)15/h2-8H,9-10H2,1H3. The van der Waals surface area contributed by atoms with Gasteiger partial charge in [-0.05, 0) is 18.7 Å². The Morgan fingerprint density at radius 2 is 1.83 bits per heavy atom. The second-order valence-corrected chi connectivity index (χ2v) is 5.05. The normalized spacial score (nSPS) is 10.9. The first kappa shape index (κ1) is 13.3. The van der Waals surface area contributed by atoms with E-state index in [1.807, 2.05) is 18.2 Å². The number of pyridine rings is 1. The maximum atomic E-state index is 6.13. The van der Waals surface area contributed by atoms with E-state index < -0.39 is 0 Å². The lowest BCUT2D eigenvalue weighted by molar-refractivity contribution is 0.319. The topological polar surface area (TPSA) is 16.1 Å². The van der Waals surface area contributed by atoms with Crippen molar-refractivity contribution >= 4 is 23.2 Å². The van der Waals surface area contributed by atoms with Crippen molar-refractivity contribution in [2.45, 2.75) is 13.1 Å². The molecule has 0 aliphatic carbocycles. The van der Waals surface area contributed by atoms with Crippen LogP contribution in [0.3, 0.4) is 0 Å². The van der Waals surface area contributed by atoms with Crippen LogP contribution in [0.15, 0.2) is 42.6 Å². The van der Waals surface area contributed by atoms with E-state index in [1.54, 1.807) is 12.3 Å². The zero-order valence-corrected chi connectivity index (χ0v) is 11.6. The van der Waals surface area contributed by atoms with E-state index in [0.29, 0.717) is 10.2 Å². The molecule has 0 bridgehead atoms. The van der Waals surface area contributed by atoms with E-state index in [1.165, 1.54) is 5.56 Å². The van der Waals surface area contributed by atoms with Crippen molar-refractivity contribution < 1.29 is 0 Å².